The molecule has 4 rings (SSSR count). The van der Waals surface area contributed by atoms with E-state index in [1.165, 1.54) is 16.4 Å². The van der Waals surface area contributed by atoms with Gasteiger partial charge in [-0.25, -0.2) is 8.42 Å². The van der Waals surface area contributed by atoms with Crippen molar-refractivity contribution in [3.63, 3.8) is 0 Å². The van der Waals surface area contributed by atoms with Crippen LogP contribution in [-0.4, -0.2) is 37.9 Å². The second-order valence-electron chi connectivity index (χ2n) is 7.02. The number of anilines is 1. The Morgan fingerprint density at radius 3 is 2.64 bits per heavy atom. The van der Waals surface area contributed by atoms with Gasteiger partial charge in [-0.3, -0.25) is 4.79 Å². The van der Waals surface area contributed by atoms with Crippen molar-refractivity contribution >= 4 is 33.2 Å². The fraction of sp³-hybridized carbons (Fsp3) is 0.350. The van der Waals surface area contributed by atoms with Crippen LogP contribution in [0.2, 0.25) is 5.02 Å². The zero-order valence-electron chi connectivity index (χ0n) is 15.2. The summed E-state index contributed by atoms with van der Waals surface area (Å²) < 4.78 is 32.8. The topological polar surface area (TPSA) is 75.7 Å². The summed E-state index contributed by atoms with van der Waals surface area (Å²) in [5.74, 6) is -0.154. The SMILES string of the molecule is O=C(Nc1ccc2c(c1)CN(S(=O)(=O)c1ccc(Cl)cc1)CC2)C1CCCO1. The summed E-state index contributed by atoms with van der Waals surface area (Å²) in [6, 6.07) is 11.8. The van der Waals surface area contributed by atoms with E-state index in [0.29, 0.717) is 30.3 Å². The predicted octanol–water partition coefficient (Wildman–Crippen LogP) is 3.20. The number of halogens is 1. The van der Waals surface area contributed by atoms with E-state index in [0.717, 1.165) is 24.0 Å². The van der Waals surface area contributed by atoms with Gasteiger partial charge in [0.15, 0.2) is 0 Å². The van der Waals surface area contributed by atoms with Crippen molar-refractivity contribution < 1.29 is 17.9 Å². The van der Waals surface area contributed by atoms with Gasteiger partial charge in [0, 0.05) is 30.4 Å². The van der Waals surface area contributed by atoms with Crippen LogP contribution in [0.4, 0.5) is 5.69 Å². The summed E-state index contributed by atoms with van der Waals surface area (Å²) >= 11 is 5.87. The van der Waals surface area contributed by atoms with E-state index < -0.39 is 16.1 Å². The molecule has 1 unspecified atom stereocenters. The molecule has 1 fully saturated rings. The Balaban J connectivity index is 1.52. The van der Waals surface area contributed by atoms with Gasteiger partial charge in [0.25, 0.3) is 5.91 Å². The van der Waals surface area contributed by atoms with Gasteiger partial charge in [-0.15, -0.1) is 0 Å². The van der Waals surface area contributed by atoms with Crippen LogP contribution in [0.3, 0.4) is 0 Å². The van der Waals surface area contributed by atoms with E-state index in [-0.39, 0.29) is 17.3 Å². The highest BCUT2D eigenvalue weighted by atomic mass is 35.5. The summed E-state index contributed by atoms with van der Waals surface area (Å²) in [4.78, 5) is 12.5. The van der Waals surface area contributed by atoms with Crippen LogP contribution in [0.15, 0.2) is 47.4 Å². The first-order valence-corrected chi connectivity index (χ1v) is 11.1. The van der Waals surface area contributed by atoms with Crippen LogP contribution in [0.25, 0.3) is 0 Å². The summed E-state index contributed by atoms with van der Waals surface area (Å²) in [5, 5.41) is 3.37. The van der Waals surface area contributed by atoms with Crippen LogP contribution in [0.5, 0.6) is 0 Å². The second-order valence-corrected chi connectivity index (χ2v) is 9.39. The number of hydrogen-bond donors (Lipinski definition) is 1. The number of rotatable bonds is 4. The Hall–Kier alpha value is -1.93. The van der Waals surface area contributed by atoms with Gasteiger partial charge in [0.2, 0.25) is 10.0 Å². The molecule has 8 heteroatoms. The van der Waals surface area contributed by atoms with Gasteiger partial charge in [-0.1, -0.05) is 17.7 Å². The molecular formula is C20H21ClN2O4S. The highest BCUT2D eigenvalue weighted by molar-refractivity contribution is 7.89. The van der Waals surface area contributed by atoms with Gasteiger partial charge in [-0.2, -0.15) is 4.31 Å². The standard InChI is InChI=1S/C20H21ClN2O4S/c21-16-4-7-18(8-5-16)28(25,26)23-10-9-14-3-6-17(12-15(14)13-23)22-20(24)19-2-1-11-27-19/h3-8,12,19H,1-2,9-11,13H2,(H,22,24). The van der Waals surface area contributed by atoms with Crippen LogP contribution in [0.1, 0.15) is 24.0 Å². The lowest BCUT2D eigenvalue weighted by Gasteiger charge is -2.28. The van der Waals surface area contributed by atoms with Gasteiger partial charge in [0.1, 0.15) is 6.10 Å². The third-order valence-electron chi connectivity index (χ3n) is 5.12. The molecule has 1 atom stereocenters. The van der Waals surface area contributed by atoms with Crippen LogP contribution >= 0.6 is 11.6 Å². The van der Waals surface area contributed by atoms with Crippen molar-refractivity contribution in [1.82, 2.24) is 4.31 Å². The molecule has 0 aromatic heterocycles. The minimum Gasteiger partial charge on any atom is -0.368 e. The normalized spacial score (nSPS) is 20.0. The first-order chi connectivity index (χ1) is 13.4. The van der Waals surface area contributed by atoms with E-state index >= 15 is 0 Å². The molecule has 1 saturated heterocycles. The van der Waals surface area contributed by atoms with Crippen molar-refractivity contribution in [3.8, 4) is 0 Å². The lowest BCUT2D eigenvalue weighted by atomic mass is 10.0. The Labute approximate surface area is 169 Å². The maximum atomic E-state index is 12.9. The average Bonchev–Trinajstić information content (AvgIpc) is 3.23. The molecular weight excluding hydrogens is 400 g/mol. The molecule has 0 spiro atoms. The number of ether oxygens (including phenoxy) is 1. The van der Waals surface area contributed by atoms with E-state index in [1.807, 2.05) is 18.2 Å². The summed E-state index contributed by atoms with van der Waals surface area (Å²) in [6.45, 7) is 1.29. The van der Waals surface area contributed by atoms with E-state index in [9.17, 15) is 13.2 Å². The van der Waals surface area contributed by atoms with Crippen molar-refractivity contribution in [2.45, 2.75) is 36.8 Å². The second kappa shape index (κ2) is 7.83. The number of benzene rings is 2. The molecule has 148 valence electrons. The summed E-state index contributed by atoms with van der Waals surface area (Å²) in [7, 11) is -3.60. The Morgan fingerprint density at radius 1 is 1.14 bits per heavy atom. The number of amides is 1. The first kappa shape index (κ1) is 19.4. The maximum absolute atomic E-state index is 12.9. The van der Waals surface area contributed by atoms with Gasteiger partial charge >= 0.3 is 0 Å². The zero-order valence-corrected chi connectivity index (χ0v) is 16.8. The Morgan fingerprint density at radius 2 is 1.93 bits per heavy atom. The quantitative estimate of drug-likeness (QED) is 0.824. The number of carbonyl (C=O) groups excluding carboxylic acids is 1. The van der Waals surface area contributed by atoms with E-state index in [2.05, 4.69) is 5.32 Å². The molecule has 28 heavy (non-hydrogen) atoms. The zero-order chi connectivity index (χ0) is 19.7. The van der Waals surface area contributed by atoms with E-state index in [4.69, 9.17) is 16.3 Å². The monoisotopic (exact) mass is 420 g/mol. The largest absolute Gasteiger partial charge is 0.368 e. The highest BCUT2D eigenvalue weighted by Crippen LogP contribution is 2.28. The number of sulfonamides is 1. The molecule has 2 aliphatic heterocycles. The number of fused-ring (bicyclic) bond motifs is 1. The number of nitrogens with one attached hydrogen (secondary N) is 1. The maximum Gasteiger partial charge on any atom is 0.253 e. The molecule has 2 aliphatic rings. The minimum atomic E-state index is -3.60. The van der Waals surface area contributed by atoms with Crippen LogP contribution in [0, 0.1) is 0 Å². The van der Waals surface area contributed by atoms with Crippen molar-refractivity contribution in [2.24, 2.45) is 0 Å². The molecule has 6 nitrogen and oxygen atoms in total. The molecule has 2 heterocycles. The van der Waals surface area contributed by atoms with Crippen LogP contribution in [-0.2, 0) is 32.5 Å². The molecule has 0 bridgehead atoms. The molecule has 1 N–H and O–H groups in total. The molecule has 2 aromatic carbocycles. The van der Waals surface area contributed by atoms with Gasteiger partial charge < -0.3 is 10.1 Å². The average molecular weight is 421 g/mol. The Bertz CT molecular complexity index is 986. The molecule has 1 amide bonds. The minimum absolute atomic E-state index is 0.154. The third-order valence-corrected chi connectivity index (χ3v) is 7.24. The fourth-order valence-corrected chi connectivity index (χ4v) is 5.12. The smallest absolute Gasteiger partial charge is 0.253 e. The first-order valence-electron chi connectivity index (χ1n) is 9.23. The van der Waals surface area contributed by atoms with Gasteiger partial charge in [0.05, 0.1) is 4.90 Å². The highest BCUT2D eigenvalue weighted by Gasteiger charge is 2.29. The fourth-order valence-electron chi connectivity index (χ4n) is 3.58. The molecule has 2 aromatic rings. The lowest BCUT2D eigenvalue weighted by molar-refractivity contribution is -0.124. The van der Waals surface area contributed by atoms with Crippen molar-refractivity contribution in [2.75, 3.05) is 18.5 Å². The summed E-state index contributed by atoms with van der Waals surface area (Å²) in [6.07, 6.45) is 1.84. The predicted molar refractivity (Wildman–Crippen MR) is 107 cm³/mol. The van der Waals surface area contributed by atoms with Gasteiger partial charge in [-0.05, 0) is 66.8 Å². The Kier molecular flexibility index (Phi) is 5.42. The molecule has 0 radical (unpaired) electrons. The third kappa shape index (κ3) is 3.93. The summed E-state index contributed by atoms with van der Waals surface area (Å²) in [5.41, 5.74) is 2.65. The van der Waals surface area contributed by atoms with E-state index in [1.54, 1.807) is 12.1 Å². The van der Waals surface area contributed by atoms with Crippen LogP contribution < -0.4 is 5.32 Å². The molecule has 0 aliphatic carbocycles. The number of hydrogen-bond acceptors (Lipinski definition) is 4. The number of nitrogens with zero attached hydrogens (tertiary/aromatic N) is 1. The lowest BCUT2D eigenvalue weighted by Crippen LogP contribution is -2.36. The van der Waals surface area contributed by atoms with Crippen molar-refractivity contribution in [3.05, 3.63) is 58.6 Å². The number of carbonyl (C=O) groups is 1. The van der Waals surface area contributed by atoms with Crippen molar-refractivity contribution in [1.29, 1.82) is 0 Å². The molecule has 0 saturated carbocycles.